The van der Waals surface area contributed by atoms with Gasteiger partial charge in [-0.3, -0.25) is 0 Å². The van der Waals surface area contributed by atoms with Crippen LogP contribution < -0.4 is 4.74 Å². The molecule has 0 bridgehead atoms. The lowest BCUT2D eigenvalue weighted by Gasteiger charge is -2.34. The molecule has 0 amide bonds. The highest BCUT2D eigenvalue weighted by Gasteiger charge is 2.34. The first kappa shape index (κ1) is 24.7. The Morgan fingerprint density at radius 3 is 2.57 bits per heavy atom. The number of rotatable bonds is 8. The molecule has 184 valence electrons. The van der Waals surface area contributed by atoms with Gasteiger partial charge in [0.1, 0.15) is 35.6 Å². The molecule has 4 rings (SSSR count). The van der Waals surface area contributed by atoms with Gasteiger partial charge in [-0.25, -0.2) is 23.2 Å². The Kier molecular flexibility index (Phi) is 7.67. The third kappa shape index (κ3) is 6.58. The Morgan fingerprint density at radius 2 is 1.91 bits per heavy atom. The first-order valence-corrected chi connectivity index (χ1v) is 11.5. The molecule has 1 saturated heterocycles. The highest BCUT2D eigenvalue weighted by atomic mass is 19.1. The number of aryl methyl sites for hydroxylation is 1. The molecule has 1 fully saturated rings. The van der Waals surface area contributed by atoms with Gasteiger partial charge in [0.25, 0.3) is 0 Å². The van der Waals surface area contributed by atoms with Crippen molar-refractivity contribution in [2.45, 2.75) is 38.3 Å². The molecule has 0 radical (unpaired) electrons. The molecule has 35 heavy (non-hydrogen) atoms. The van der Waals surface area contributed by atoms with Crippen LogP contribution in [0.3, 0.4) is 0 Å². The summed E-state index contributed by atoms with van der Waals surface area (Å²) in [5.41, 5.74) is 0.511. The predicted molar refractivity (Wildman–Crippen MR) is 125 cm³/mol. The Hall–Kier alpha value is -3.43. The summed E-state index contributed by atoms with van der Waals surface area (Å²) in [6, 6.07) is 10.5. The summed E-state index contributed by atoms with van der Waals surface area (Å²) in [6.45, 7) is 3.82. The molecule has 9 heteroatoms. The van der Waals surface area contributed by atoms with E-state index in [2.05, 4.69) is 15.0 Å². The smallest absolute Gasteiger partial charge is 0.336 e. The molecule has 1 aromatic heterocycles. The van der Waals surface area contributed by atoms with Crippen molar-refractivity contribution in [3.8, 4) is 5.75 Å². The van der Waals surface area contributed by atoms with Gasteiger partial charge in [0, 0.05) is 37.3 Å². The summed E-state index contributed by atoms with van der Waals surface area (Å²) in [4.78, 5) is 18.3. The highest BCUT2D eigenvalue weighted by Crippen LogP contribution is 2.31. The number of aliphatic hydroxyl groups is 1. The fourth-order valence-electron chi connectivity index (χ4n) is 4.22. The van der Waals surface area contributed by atoms with Crippen molar-refractivity contribution in [1.82, 2.24) is 19.7 Å². The Bertz CT molecular complexity index is 1170. The maximum absolute atomic E-state index is 14.6. The van der Waals surface area contributed by atoms with E-state index in [0.29, 0.717) is 38.2 Å². The van der Waals surface area contributed by atoms with Crippen LogP contribution in [0.4, 0.5) is 8.78 Å². The third-order valence-corrected chi connectivity index (χ3v) is 6.22. The van der Waals surface area contributed by atoms with E-state index in [1.165, 1.54) is 23.4 Å². The van der Waals surface area contributed by atoms with E-state index in [1.807, 2.05) is 19.1 Å². The van der Waals surface area contributed by atoms with Gasteiger partial charge in [-0.1, -0.05) is 29.3 Å². The maximum atomic E-state index is 14.6. The van der Waals surface area contributed by atoms with Gasteiger partial charge in [-0.15, -0.1) is 0 Å². The number of hydrogen-bond acceptors (Lipinski definition) is 6. The van der Waals surface area contributed by atoms with Crippen molar-refractivity contribution in [3.05, 3.63) is 89.5 Å². The molecular formula is C26H28F2N4O3. The Labute approximate surface area is 202 Å². The summed E-state index contributed by atoms with van der Waals surface area (Å²) < 4.78 is 34.8. The number of ether oxygens (including phenoxy) is 1. The normalized spacial score (nSPS) is 16.1. The molecule has 0 saturated carbocycles. The van der Waals surface area contributed by atoms with Crippen LogP contribution >= 0.6 is 0 Å². The second-order valence-electron chi connectivity index (χ2n) is 8.88. The number of hydrogen-bond donors (Lipinski definition) is 1. The van der Waals surface area contributed by atoms with Crippen LogP contribution in [0.1, 0.15) is 30.4 Å². The summed E-state index contributed by atoms with van der Waals surface area (Å²) in [5, 5.41) is 15.5. The van der Waals surface area contributed by atoms with E-state index in [0.717, 1.165) is 23.3 Å². The predicted octanol–water partition coefficient (Wildman–Crippen LogP) is 3.77. The third-order valence-electron chi connectivity index (χ3n) is 6.22. The van der Waals surface area contributed by atoms with E-state index in [-0.39, 0.29) is 18.5 Å². The van der Waals surface area contributed by atoms with E-state index in [9.17, 15) is 18.7 Å². The van der Waals surface area contributed by atoms with Gasteiger partial charge in [-0.05, 0) is 44.4 Å². The summed E-state index contributed by atoms with van der Waals surface area (Å²) >= 11 is 0. The quantitative estimate of drug-likeness (QED) is 0.299. The van der Waals surface area contributed by atoms with Crippen molar-refractivity contribution in [1.29, 1.82) is 0 Å². The lowest BCUT2D eigenvalue weighted by atomic mass is 9.89. The number of benzene rings is 2. The van der Waals surface area contributed by atoms with E-state index in [1.54, 1.807) is 18.2 Å². The standard InChI is InChI=1S/C26H28F2N4O3/c1-19-2-5-22(6-3-19)35-25(33)14-20-8-11-31(12-9-20)13-10-26(34,16-32-18-29-17-30-32)23-7-4-21(27)15-24(23)28/h2-7,14-15,17-18,34H,8-13,16H2,1H3. The van der Waals surface area contributed by atoms with Crippen molar-refractivity contribution < 1.29 is 23.4 Å². The van der Waals surface area contributed by atoms with E-state index >= 15 is 0 Å². The topological polar surface area (TPSA) is 80.5 Å². The summed E-state index contributed by atoms with van der Waals surface area (Å²) in [5.74, 6) is -1.39. The van der Waals surface area contributed by atoms with Crippen molar-refractivity contribution in [3.63, 3.8) is 0 Å². The molecule has 2 aromatic carbocycles. The number of piperidine rings is 1. The Morgan fingerprint density at radius 1 is 1.17 bits per heavy atom. The SMILES string of the molecule is Cc1ccc(OC(=O)C=C2CCN(CCC(O)(Cn3cncn3)c3ccc(F)cc3F)CC2)cc1. The van der Waals surface area contributed by atoms with E-state index < -0.39 is 23.2 Å². The van der Waals surface area contributed by atoms with Crippen molar-refractivity contribution in [2.24, 2.45) is 0 Å². The lowest BCUT2D eigenvalue weighted by Crippen LogP contribution is -2.39. The molecule has 0 spiro atoms. The molecule has 1 atom stereocenters. The monoisotopic (exact) mass is 482 g/mol. The molecular weight excluding hydrogens is 454 g/mol. The van der Waals surface area contributed by atoms with Crippen LogP contribution in [-0.2, 0) is 16.9 Å². The number of nitrogens with zero attached hydrogens (tertiary/aromatic N) is 4. The average Bonchev–Trinajstić information content (AvgIpc) is 3.33. The fourth-order valence-corrected chi connectivity index (χ4v) is 4.22. The van der Waals surface area contributed by atoms with Crippen LogP contribution in [0, 0.1) is 18.6 Å². The zero-order valence-electron chi connectivity index (χ0n) is 19.5. The van der Waals surface area contributed by atoms with Crippen LogP contribution in [0.15, 0.2) is 66.8 Å². The lowest BCUT2D eigenvalue weighted by molar-refractivity contribution is -0.129. The van der Waals surface area contributed by atoms with E-state index in [4.69, 9.17) is 4.74 Å². The molecule has 3 aromatic rings. The van der Waals surface area contributed by atoms with Gasteiger partial charge in [-0.2, -0.15) is 5.10 Å². The molecule has 1 unspecified atom stereocenters. The van der Waals surface area contributed by atoms with Crippen molar-refractivity contribution >= 4 is 5.97 Å². The maximum Gasteiger partial charge on any atom is 0.336 e. The number of likely N-dealkylation sites (tertiary alicyclic amines) is 1. The van der Waals surface area contributed by atoms with Crippen LogP contribution in [0.5, 0.6) is 5.75 Å². The van der Waals surface area contributed by atoms with Gasteiger partial charge in [0.2, 0.25) is 0 Å². The summed E-state index contributed by atoms with van der Waals surface area (Å²) in [7, 11) is 0. The zero-order valence-corrected chi connectivity index (χ0v) is 19.5. The molecule has 1 N–H and O–H groups in total. The van der Waals surface area contributed by atoms with Crippen LogP contribution in [0.2, 0.25) is 0 Å². The average molecular weight is 483 g/mol. The second kappa shape index (κ2) is 10.9. The molecule has 2 heterocycles. The minimum atomic E-state index is -1.60. The minimum absolute atomic E-state index is 0.0145. The van der Waals surface area contributed by atoms with Crippen LogP contribution in [-0.4, -0.2) is 50.4 Å². The number of carbonyl (C=O) groups excluding carboxylic acids is 1. The number of esters is 1. The van der Waals surface area contributed by atoms with Crippen LogP contribution in [0.25, 0.3) is 0 Å². The second-order valence-corrected chi connectivity index (χ2v) is 8.88. The first-order valence-electron chi connectivity index (χ1n) is 11.5. The number of aromatic nitrogens is 3. The van der Waals surface area contributed by atoms with Gasteiger partial charge >= 0.3 is 5.97 Å². The largest absolute Gasteiger partial charge is 0.423 e. The molecule has 0 aliphatic carbocycles. The summed E-state index contributed by atoms with van der Waals surface area (Å²) in [6.07, 6.45) is 5.92. The molecule has 1 aliphatic heterocycles. The van der Waals surface area contributed by atoms with Gasteiger partial charge in [0.15, 0.2) is 0 Å². The highest BCUT2D eigenvalue weighted by molar-refractivity contribution is 5.84. The Balaban J connectivity index is 1.35. The van der Waals surface area contributed by atoms with Crippen molar-refractivity contribution in [2.75, 3.05) is 19.6 Å². The first-order chi connectivity index (χ1) is 16.8. The number of carbonyl (C=O) groups is 1. The molecule has 1 aliphatic rings. The molecule has 7 nitrogen and oxygen atoms in total. The van der Waals surface area contributed by atoms with Gasteiger partial charge in [0.05, 0.1) is 6.54 Å². The number of halogens is 2. The zero-order chi connectivity index (χ0) is 24.8. The minimum Gasteiger partial charge on any atom is -0.423 e. The fraction of sp³-hybridized carbons (Fsp3) is 0.346. The van der Waals surface area contributed by atoms with Gasteiger partial charge < -0.3 is 14.7 Å².